The zero-order valence-corrected chi connectivity index (χ0v) is 13.2. The molecule has 1 saturated heterocycles. The molecule has 2 N–H and O–H groups in total. The number of hydrogen-bond acceptors (Lipinski definition) is 3. The summed E-state index contributed by atoms with van der Waals surface area (Å²) in [5.74, 6) is -2.36. The molecule has 0 atom stereocenters. The normalized spacial score (nSPS) is 15.7. The first-order valence-corrected chi connectivity index (χ1v) is 7.64. The van der Waals surface area contributed by atoms with Crippen LogP contribution in [-0.2, 0) is 15.8 Å². The third kappa shape index (κ3) is 4.94. The lowest BCUT2D eigenvalue weighted by atomic mass is 9.97. The van der Waals surface area contributed by atoms with E-state index in [-0.39, 0.29) is 18.0 Å². The van der Waals surface area contributed by atoms with Crippen LogP contribution in [0.25, 0.3) is 0 Å². The van der Waals surface area contributed by atoms with E-state index in [9.17, 15) is 27.6 Å². The largest absolute Gasteiger partial charge is 0.481 e. The Kier molecular flexibility index (Phi) is 5.66. The van der Waals surface area contributed by atoms with E-state index in [1.807, 2.05) is 0 Å². The topological polar surface area (TPSA) is 86.7 Å². The number of alkyl halides is 3. The first kappa shape index (κ1) is 18.8. The summed E-state index contributed by atoms with van der Waals surface area (Å²) in [5.41, 5.74) is -0.841. The van der Waals surface area contributed by atoms with Crippen molar-refractivity contribution in [1.29, 1.82) is 0 Å². The van der Waals surface area contributed by atoms with E-state index in [0.29, 0.717) is 25.9 Å². The molecule has 1 fully saturated rings. The summed E-state index contributed by atoms with van der Waals surface area (Å²) in [5, 5.41) is 11.3. The maximum Gasteiger partial charge on any atom is 0.416 e. The molecule has 1 heterocycles. The SMILES string of the molecule is O=C(NCC(=O)N1CCC(C(=O)O)CC1)c1ccc(C(F)(F)F)cc1. The van der Waals surface area contributed by atoms with E-state index >= 15 is 0 Å². The number of carbonyl (C=O) groups excluding carboxylic acids is 2. The summed E-state index contributed by atoms with van der Waals surface area (Å²) in [4.78, 5) is 36.2. The van der Waals surface area contributed by atoms with Crippen LogP contribution in [0.4, 0.5) is 13.2 Å². The van der Waals surface area contributed by atoms with Gasteiger partial charge in [-0.05, 0) is 37.1 Å². The quantitative estimate of drug-likeness (QED) is 0.859. The van der Waals surface area contributed by atoms with E-state index in [2.05, 4.69) is 5.32 Å². The number of aliphatic carboxylic acids is 1. The second kappa shape index (κ2) is 7.54. The van der Waals surface area contributed by atoms with Crippen molar-refractivity contribution in [2.24, 2.45) is 5.92 Å². The van der Waals surface area contributed by atoms with Gasteiger partial charge in [-0.25, -0.2) is 0 Å². The number of nitrogens with one attached hydrogen (secondary N) is 1. The Morgan fingerprint density at radius 2 is 1.68 bits per heavy atom. The fourth-order valence-electron chi connectivity index (χ4n) is 2.56. The Bertz CT molecular complexity index is 650. The van der Waals surface area contributed by atoms with Gasteiger partial charge in [-0.1, -0.05) is 0 Å². The molecule has 1 aliphatic rings. The monoisotopic (exact) mass is 358 g/mol. The Morgan fingerprint density at radius 1 is 1.12 bits per heavy atom. The Labute approximate surface area is 141 Å². The Hall–Kier alpha value is -2.58. The second-order valence-corrected chi connectivity index (χ2v) is 5.75. The van der Waals surface area contributed by atoms with Gasteiger partial charge >= 0.3 is 12.1 Å². The van der Waals surface area contributed by atoms with Crippen molar-refractivity contribution in [3.05, 3.63) is 35.4 Å². The number of nitrogens with zero attached hydrogens (tertiary/aromatic N) is 1. The summed E-state index contributed by atoms with van der Waals surface area (Å²) in [7, 11) is 0. The van der Waals surface area contributed by atoms with Crippen LogP contribution in [0.5, 0.6) is 0 Å². The van der Waals surface area contributed by atoms with Crippen molar-refractivity contribution >= 4 is 17.8 Å². The number of amides is 2. The minimum Gasteiger partial charge on any atom is -0.481 e. The number of halogens is 3. The van der Waals surface area contributed by atoms with Gasteiger partial charge in [0.2, 0.25) is 5.91 Å². The van der Waals surface area contributed by atoms with Gasteiger partial charge in [0.15, 0.2) is 0 Å². The van der Waals surface area contributed by atoms with Gasteiger partial charge in [-0.2, -0.15) is 13.2 Å². The summed E-state index contributed by atoms with van der Waals surface area (Å²) in [6.45, 7) is 0.301. The van der Waals surface area contributed by atoms with E-state index < -0.39 is 29.5 Å². The third-order valence-corrected chi connectivity index (χ3v) is 4.07. The van der Waals surface area contributed by atoms with Crippen molar-refractivity contribution in [2.45, 2.75) is 19.0 Å². The Morgan fingerprint density at radius 3 is 2.16 bits per heavy atom. The van der Waals surface area contributed by atoms with E-state index in [0.717, 1.165) is 24.3 Å². The minimum atomic E-state index is -4.48. The predicted octanol–water partition coefficient (Wildman–Crippen LogP) is 1.76. The summed E-state index contributed by atoms with van der Waals surface area (Å²) in [6.07, 6.45) is -3.77. The molecule has 9 heteroatoms. The molecule has 2 rings (SSSR count). The van der Waals surface area contributed by atoms with Crippen LogP contribution in [0.15, 0.2) is 24.3 Å². The molecule has 0 saturated carbocycles. The zero-order chi connectivity index (χ0) is 18.6. The molecular weight excluding hydrogens is 341 g/mol. The number of benzene rings is 1. The molecular formula is C16H17F3N2O4. The molecule has 0 spiro atoms. The van der Waals surface area contributed by atoms with Crippen molar-refractivity contribution in [2.75, 3.05) is 19.6 Å². The van der Waals surface area contributed by atoms with E-state index in [4.69, 9.17) is 5.11 Å². The molecule has 136 valence electrons. The van der Waals surface area contributed by atoms with Crippen LogP contribution in [-0.4, -0.2) is 47.4 Å². The number of carboxylic acids is 1. The van der Waals surface area contributed by atoms with Crippen LogP contribution in [0.1, 0.15) is 28.8 Å². The molecule has 0 unspecified atom stereocenters. The fraction of sp³-hybridized carbons (Fsp3) is 0.438. The Balaban J connectivity index is 1.83. The number of carboxylic acid groups (broad SMARTS) is 1. The van der Waals surface area contributed by atoms with Gasteiger partial charge in [0.05, 0.1) is 18.0 Å². The third-order valence-electron chi connectivity index (χ3n) is 4.07. The summed E-state index contributed by atoms with van der Waals surface area (Å²) >= 11 is 0. The molecule has 0 aliphatic carbocycles. The molecule has 1 aromatic carbocycles. The van der Waals surface area contributed by atoms with Gasteiger partial charge in [0.1, 0.15) is 0 Å². The minimum absolute atomic E-state index is 0.0189. The lowest BCUT2D eigenvalue weighted by Crippen LogP contribution is -2.45. The molecule has 2 amide bonds. The van der Waals surface area contributed by atoms with Crippen molar-refractivity contribution in [1.82, 2.24) is 10.2 Å². The van der Waals surface area contributed by atoms with Crippen molar-refractivity contribution < 1.29 is 32.7 Å². The van der Waals surface area contributed by atoms with Crippen molar-refractivity contribution in [3.63, 3.8) is 0 Å². The highest BCUT2D eigenvalue weighted by atomic mass is 19.4. The van der Waals surface area contributed by atoms with Crippen molar-refractivity contribution in [3.8, 4) is 0 Å². The predicted molar refractivity (Wildman–Crippen MR) is 80.7 cm³/mol. The highest BCUT2D eigenvalue weighted by molar-refractivity contribution is 5.96. The molecule has 0 aromatic heterocycles. The fourth-order valence-corrected chi connectivity index (χ4v) is 2.56. The van der Waals surface area contributed by atoms with E-state index in [1.165, 1.54) is 4.90 Å². The van der Waals surface area contributed by atoms with Gasteiger partial charge in [0, 0.05) is 18.7 Å². The number of rotatable bonds is 4. The van der Waals surface area contributed by atoms with Crippen LogP contribution in [0.3, 0.4) is 0 Å². The highest BCUT2D eigenvalue weighted by Crippen LogP contribution is 2.29. The molecule has 25 heavy (non-hydrogen) atoms. The average molecular weight is 358 g/mol. The van der Waals surface area contributed by atoms with Gasteiger partial charge in [-0.3, -0.25) is 14.4 Å². The molecule has 1 aromatic rings. The lowest BCUT2D eigenvalue weighted by molar-refractivity contribution is -0.145. The van der Waals surface area contributed by atoms with Gasteiger partial charge in [-0.15, -0.1) is 0 Å². The maximum atomic E-state index is 12.5. The number of carbonyl (C=O) groups is 3. The van der Waals surface area contributed by atoms with Crippen LogP contribution < -0.4 is 5.32 Å². The average Bonchev–Trinajstić information content (AvgIpc) is 2.58. The summed E-state index contributed by atoms with van der Waals surface area (Å²) < 4.78 is 37.4. The molecule has 0 bridgehead atoms. The number of hydrogen-bond donors (Lipinski definition) is 2. The van der Waals surface area contributed by atoms with Crippen LogP contribution >= 0.6 is 0 Å². The number of likely N-dealkylation sites (tertiary alicyclic amines) is 1. The zero-order valence-electron chi connectivity index (χ0n) is 13.2. The first-order chi connectivity index (χ1) is 11.7. The molecule has 6 nitrogen and oxygen atoms in total. The van der Waals surface area contributed by atoms with Crippen LogP contribution in [0.2, 0.25) is 0 Å². The molecule has 0 radical (unpaired) electrons. The van der Waals surface area contributed by atoms with Crippen LogP contribution in [0, 0.1) is 5.92 Å². The standard InChI is InChI=1S/C16H17F3N2O4/c17-16(18,19)12-3-1-10(2-4-12)14(23)20-9-13(22)21-7-5-11(6-8-21)15(24)25/h1-4,11H,5-9H2,(H,20,23)(H,24,25). The van der Waals surface area contributed by atoms with Gasteiger partial charge in [0.25, 0.3) is 5.91 Å². The lowest BCUT2D eigenvalue weighted by Gasteiger charge is -2.30. The summed E-state index contributed by atoms with van der Waals surface area (Å²) in [6, 6.07) is 3.68. The maximum absolute atomic E-state index is 12.5. The highest BCUT2D eigenvalue weighted by Gasteiger charge is 2.30. The smallest absolute Gasteiger partial charge is 0.416 e. The second-order valence-electron chi connectivity index (χ2n) is 5.75. The first-order valence-electron chi connectivity index (χ1n) is 7.64. The molecule has 1 aliphatic heterocycles. The van der Waals surface area contributed by atoms with Gasteiger partial charge < -0.3 is 15.3 Å². The number of piperidine rings is 1. The van der Waals surface area contributed by atoms with E-state index in [1.54, 1.807) is 0 Å².